The highest BCUT2D eigenvalue weighted by Crippen LogP contribution is 2.19. The van der Waals surface area contributed by atoms with Crippen molar-refractivity contribution < 1.29 is 19.4 Å². The summed E-state index contributed by atoms with van der Waals surface area (Å²) in [7, 11) is 0. The van der Waals surface area contributed by atoms with E-state index in [4.69, 9.17) is 9.84 Å². The van der Waals surface area contributed by atoms with E-state index in [1.807, 2.05) is 37.6 Å². The fraction of sp³-hybridized carbons (Fsp3) is 0.476. The summed E-state index contributed by atoms with van der Waals surface area (Å²) in [6.45, 7) is 10.6. The molecule has 1 amide bonds. The minimum atomic E-state index is -1.02. The molecular weight excluding hydrogens is 358 g/mol. The van der Waals surface area contributed by atoms with E-state index < -0.39 is 5.97 Å². The van der Waals surface area contributed by atoms with Crippen LogP contribution >= 0.6 is 0 Å². The fourth-order valence-electron chi connectivity index (χ4n) is 3.05. The van der Waals surface area contributed by atoms with Gasteiger partial charge in [0.2, 0.25) is 5.91 Å². The molecule has 0 aliphatic heterocycles. The van der Waals surface area contributed by atoms with Gasteiger partial charge in [0.15, 0.2) is 6.61 Å². The zero-order valence-corrected chi connectivity index (χ0v) is 17.2. The molecule has 28 heavy (non-hydrogen) atoms. The van der Waals surface area contributed by atoms with Crippen molar-refractivity contribution in [1.29, 1.82) is 0 Å². The molecule has 0 aliphatic rings. The first-order chi connectivity index (χ1) is 13.2. The van der Waals surface area contributed by atoms with Gasteiger partial charge in [-0.2, -0.15) is 5.10 Å². The number of hydrogen-bond donors (Lipinski definition) is 2. The van der Waals surface area contributed by atoms with Gasteiger partial charge in [0.05, 0.1) is 18.2 Å². The maximum Gasteiger partial charge on any atom is 0.341 e. The number of hydrogen-bond acceptors (Lipinski definition) is 4. The number of carbonyl (C=O) groups excluding carboxylic acids is 1. The monoisotopic (exact) mass is 387 g/mol. The van der Waals surface area contributed by atoms with Gasteiger partial charge in [-0.25, -0.2) is 4.79 Å². The second-order valence-corrected chi connectivity index (χ2v) is 7.44. The standard InChI is InChI=1S/C21H29N3O4/c1-13(2)11-24-16(5)19(15(4)23-24)10-20(25)22-14(3)17-6-8-18(9-7-17)28-12-21(26)27/h6-9,13-14H,10-12H2,1-5H3,(H,22,25)(H,26,27). The third kappa shape index (κ3) is 5.84. The topological polar surface area (TPSA) is 93.5 Å². The molecule has 2 N–H and O–H groups in total. The van der Waals surface area contributed by atoms with Crippen LogP contribution in [-0.4, -0.2) is 33.4 Å². The van der Waals surface area contributed by atoms with Gasteiger partial charge in [0, 0.05) is 17.8 Å². The van der Waals surface area contributed by atoms with Crippen LogP contribution in [0.2, 0.25) is 0 Å². The van der Waals surface area contributed by atoms with Crippen molar-refractivity contribution in [2.45, 2.75) is 53.6 Å². The molecule has 0 fully saturated rings. The molecule has 0 saturated heterocycles. The van der Waals surface area contributed by atoms with Crippen LogP contribution in [0, 0.1) is 19.8 Å². The lowest BCUT2D eigenvalue weighted by atomic mass is 10.1. The quantitative estimate of drug-likeness (QED) is 0.690. The van der Waals surface area contributed by atoms with Gasteiger partial charge < -0.3 is 15.2 Å². The van der Waals surface area contributed by atoms with Crippen LogP contribution in [0.4, 0.5) is 0 Å². The highest BCUT2D eigenvalue weighted by molar-refractivity contribution is 5.79. The Morgan fingerprint density at radius 2 is 1.82 bits per heavy atom. The van der Waals surface area contributed by atoms with Gasteiger partial charge in [0.1, 0.15) is 5.75 Å². The lowest BCUT2D eigenvalue weighted by Crippen LogP contribution is -2.28. The van der Waals surface area contributed by atoms with Gasteiger partial charge in [-0.3, -0.25) is 9.48 Å². The SMILES string of the molecule is Cc1nn(CC(C)C)c(C)c1CC(=O)NC(C)c1ccc(OCC(=O)O)cc1. The van der Waals surface area contributed by atoms with Crippen LogP contribution in [0.3, 0.4) is 0 Å². The number of amides is 1. The van der Waals surface area contributed by atoms with E-state index in [2.05, 4.69) is 24.3 Å². The average Bonchev–Trinajstić information content (AvgIpc) is 2.87. The summed E-state index contributed by atoms with van der Waals surface area (Å²) in [6.07, 6.45) is 0.292. The van der Waals surface area contributed by atoms with Crippen molar-refractivity contribution in [2.24, 2.45) is 5.92 Å². The van der Waals surface area contributed by atoms with Crippen LogP contribution in [0.1, 0.15) is 49.3 Å². The van der Waals surface area contributed by atoms with E-state index in [0.717, 1.165) is 29.1 Å². The normalized spacial score (nSPS) is 12.1. The highest BCUT2D eigenvalue weighted by Gasteiger charge is 2.17. The van der Waals surface area contributed by atoms with E-state index in [9.17, 15) is 9.59 Å². The first-order valence-electron chi connectivity index (χ1n) is 9.44. The third-order valence-electron chi connectivity index (χ3n) is 4.53. The molecule has 152 valence electrons. The minimum absolute atomic E-state index is 0.0611. The van der Waals surface area contributed by atoms with Crippen molar-refractivity contribution in [3.05, 3.63) is 46.8 Å². The van der Waals surface area contributed by atoms with Crippen LogP contribution in [-0.2, 0) is 22.6 Å². The number of carboxylic acid groups (broad SMARTS) is 1. The fourth-order valence-corrected chi connectivity index (χ4v) is 3.05. The predicted molar refractivity (Wildman–Crippen MR) is 106 cm³/mol. The molecule has 7 nitrogen and oxygen atoms in total. The molecule has 0 radical (unpaired) electrons. The lowest BCUT2D eigenvalue weighted by molar-refractivity contribution is -0.139. The number of rotatable bonds is 9. The molecule has 0 saturated carbocycles. The summed E-state index contributed by atoms with van der Waals surface area (Å²) in [4.78, 5) is 23.1. The smallest absolute Gasteiger partial charge is 0.341 e. The molecule has 2 aromatic rings. The second-order valence-electron chi connectivity index (χ2n) is 7.44. The number of aromatic nitrogens is 2. The van der Waals surface area contributed by atoms with Crippen LogP contribution in [0.15, 0.2) is 24.3 Å². The molecule has 0 spiro atoms. The maximum atomic E-state index is 12.5. The van der Waals surface area contributed by atoms with Crippen LogP contribution in [0.5, 0.6) is 5.75 Å². The van der Waals surface area contributed by atoms with Crippen LogP contribution in [0.25, 0.3) is 0 Å². The number of nitrogens with one attached hydrogen (secondary N) is 1. The zero-order chi connectivity index (χ0) is 20.8. The largest absolute Gasteiger partial charge is 0.482 e. The van der Waals surface area contributed by atoms with Crippen molar-refractivity contribution in [3.63, 3.8) is 0 Å². The van der Waals surface area contributed by atoms with Crippen molar-refractivity contribution in [3.8, 4) is 5.75 Å². The number of aliphatic carboxylic acids is 1. The Labute approximate surface area is 165 Å². The molecule has 2 rings (SSSR count). The van der Waals surface area contributed by atoms with Gasteiger partial charge in [-0.1, -0.05) is 26.0 Å². The number of nitrogens with zero attached hydrogens (tertiary/aromatic N) is 2. The Bertz CT molecular complexity index is 825. The average molecular weight is 387 g/mol. The Morgan fingerprint density at radius 1 is 1.18 bits per heavy atom. The third-order valence-corrected chi connectivity index (χ3v) is 4.53. The van der Waals surface area contributed by atoms with Crippen molar-refractivity contribution in [2.75, 3.05) is 6.61 Å². The molecule has 0 aliphatic carbocycles. The molecular formula is C21H29N3O4. The summed E-state index contributed by atoms with van der Waals surface area (Å²) in [6, 6.07) is 6.86. The summed E-state index contributed by atoms with van der Waals surface area (Å²) >= 11 is 0. The summed E-state index contributed by atoms with van der Waals surface area (Å²) in [5.74, 6) is -0.114. The zero-order valence-electron chi connectivity index (χ0n) is 17.2. The number of ether oxygens (including phenoxy) is 1. The van der Waals surface area contributed by atoms with Crippen molar-refractivity contribution in [1.82, 2.24) is 15.1 Å². The van der Waals surface area contributed by atoms with E-state index in [0.29, 0.717) is 18.1 Å². The molecule has 1 aromatic carbocycles. The Kier molecular flexibility index (Phi) is 7.20. The second kappa shape index (κ2) is 9.39. The summed E-state index contributed by atoms with van der Waals surface area (Å²) in [5, 5.41) is 16.2. The van der Waals surface area contributed by atoms with E-state index in [1.165, 1.54) is 0 Å². The van der Waals surface area contributed by atoms with Gasteiger partial charge >= 0.3 is 5.97 Å². The number of carboxylic acids is 1. The lowest BCUT2D eigenvalue weighted by Gasteiger charge is -2.15. The first-order valence-corrected chi connectivity index (χ1v) is 9.44. The number of aryl methyl sites for hydroxylation is 1. The summed E-state index contributed by atoms with van der Waals surface area (Å²) < 4.78 is 7.10. The Hall–Kier alpha value is -2.83. The molecule has 1 unspecified atom stereocenters. The molecule has 1 aromatic heterocycles. The maximum absolute atomic E-state index is 12.5. The Morgan fingerprint density at radius 3 is 2.39 bits per heavy atom. The van der Waals surface area contributed by atoms with Gasteiger partial charge in [-0.15, -0.1) is 0 Å². The molecule has 7 heteroatoms. The van der Waals surface area contributed by atoms with E-state index >= 15 is 0 Å². The van der Waals surface area contributed by atoms with Crippen molar-refractivity contribution >= 4 is 11.9 Å². The predicted octanol–water partition coefficient (Wildman–Crippen LogP) is 3.04. The van der Waals surface area contributed by atoms with E-state index in [1.54, 1.807) is 12.1 Å². The Balaban J connectivity index is 1.97. The first kappa shape index (κ1) is 21.5. The summed E-state index contributed by atoms with van der Waals surface area (Å²) in [5.41, 5.74) is 3.82. The van der Waals surface area contributed by atoms with Gasteiger partial charge in [-0.05, 0) is 44.4 Å². The highest BCUT2D eigenvalue weighted by atomic mass is 16.5. The molecule has 1 atom stereocenters. The van der Waals surface area contributed by atoms with Crippen LogP contribution < -0.4 is 10.1 Å². The van der Waals surface area contributed by atoms with E-state index in [-0.39, 0.29) is 18.6 Å². The number of carbonyl (C=O) groups is 2. The van der Waals surface area contributed by atoms with Gasteiger partial charge in [0.25, 0.3) is 0 Å². The minimum Gasteiger partial charge on any atom is -0.482 e. The molecule has 1 heterocycles. The molecule has 0 bridgehead atoms. The number of benzene rings is 1.